The van der Waals surface area contributed by atoms with Gasteiger partial charge in [-0.15, -0.1) is 0 Å². The fourth-order valence-electron chi connectivity index (χ4n) is 0.910. The van der Waals surface area contributed by atoms with E-state index in [-0.39, 0.29) is 6.61 Å². The summed E-state index contributed by atoms with van der Waals surface area (Å²) in [6.45, 7) is 0.242. The number of benzene rings is 1. The average Bonchev–Trinajstić information content (AvgIpc) is 2.04. The maximum absolute atomic E-state index is 10.7. The van der Waals surface area contributed by atoms with Crippen molar-refractivity contribution in [3.8, 4) is 0 Å². The van der Waals surface area contributed by atoms with Gasteiger partial charge in [-0.1, -0.05) is 0 Å². The van der Waals surface area contributed by atoms with Gasteiger partial charge in [-0.25, -0.2) is 0 Å². The van der Waals surface area contributed by atoms with Crippen LogP contribution in [0.25, 0.3) is 0 Å². The van der Waals surface area contributed by atoms with E-state index in [0.29, 0.717) is 6.42 Å². The molecule has 5 heteroatoms. The van der Waals surface area contributed by atoms with E-state index < -0.39 is 8.42 Å². The van der Waals surface area contributed by atoms with Crippen molar-refractivity contribution >= 4 is 22.8 Å². The van der Waals surface area contributed by atoms with Crippen molar-refractivity contribution in [1.29, 1.82) is 0 Å². The van der Waals surface area contributed by atoms with Crippen molar-refractivity contribution < 1.29 is 12.9 Å². The van der Waals surface area contributed by atoms with Crippen LogP contribution in [0.2, 0.25) is 0 Å². The number of hydrogen-bond acceptors (Lipinski definition) is 2. The van der Waals surface area contributed by atoms with Crippen molar-refractivity contribution in [2.24, 2.45) is 0 Å². The number of hydrogen-bond donors (Lipinski definition) is 1. The molecular formula is C8H10O3SSe. The van der Waals surface area contributed by atoms with Gasteiger partial charge in [0, 0.05) is 0 Å². The third kappa shape index (κ3) is 5.18. The van der Waals surface area contributed by atoms with E-state index in [1.54, 1.807) is 0 Å². The normalized spacial score (nSPS) is 15.2. The van der Waals surface area contributed by atoms with Crippen molar-refractivity contribution in [2.75, 3.05) is 6.61 Å². The van der Waals surface area contributed by atoms with Gasteiger partial charge < -0.3 is 0 Å². The van der Waals surface area contributed by atoms with Gasteiger partial charge in [0.05, 0.1) is 0 Å². The molecule has 0 saturated carbocycles. The summed E-state index contributed by atoms with van der Waals surface area (Å²) < 4.78 is 24.1. The molecule has 1 rings (SSSR count). The molecule has 1 aromatic rings. The van der Waals surface area contributed by atoms with Crippen LogP contribution in [0.4, 0.5) is 0 Å². The molecule has 72 valence electrons. The van der Waals surface area contributed by atoms with E-state index in [0.717, 1.165) is 5.56 Å². The number of rotatable bonds is 4. The SMILES string of the molecule is O=S(O)(=[Se])OCCc1ccccc1. The van der Waals surface area contributed by atoms with E-state index in [1.807, 2.05) is 30.3 Å². The van der Waals surface area contributed by atoms with Crippen LogP contribution in [0.3, 0.4) is 0 Å². The zero-order valence-electron chi connectivity index (χ0n) is 6.88. The first-order valence-corrected chi connectivity index (χ1v) is 7.20. The maximum atomic E-state index is 10.7. The van der Waals surface area contributed by atoms with Crippen molar-refractivity contribution in [1.82, 2.24) is 0 Å². The predicted molar refractivity (Wildman–Crippen MR) is 52.6 cm³/mol. The third-order valence-electron chi connectivity index (χ3n) is 1.47. The second-order valence-electron chi connectivity index (χ2n) is 2.49. The molecule has 0 fully saturated rings. The van der Waals surface area contributed by atoms with Gasteiger partial charge in [0.1, 0.15) is 0 Å². The van der Waals surface area contributed by atoms with E-state index in [9.17, 15) is 4.21 Å². The second kappa shape index (κ2) is 4.88. The third-order valence-corrected chi connectivity index (χ3v) is 2.54. The Kier molecular flexibility index (Phi) is 4.09. The van der Waals surface area contributed by atoms with Gasteiger partial charge in [-0.3, -0.25) is 0 Å². The first kappa shape index (κ1) is 10.9. The summed E-state index contributed by atoms with van der Waals surface area (Å²) in [5, 5.41) is 0. The molecule has 0 spiro atoms. The minimum atomic E-state index is -3.17. The van der Waals surface area contributed by atoms with Crippen LogP contribution in [0.5, 0.6) is 0 Å². The standard InChI is InChI=1S/C8H10O3SSe/c9-12(10,13)11-7-6-8-4-2-1-3-5-8/h1-5H,6-7H2,(H,9,10,13). The quantitative estimate of drug-likeness (QED) is 0.826. The monoisotopic (exact) mass is 266 g/mol. The Balaban J connectivity index is 2.37. The molecule has 0 saturated heterocycles. The summed E-state index contributed by atoms with van der Waals surface area (Å²) in [6, 6.07) is 9.66. The van der Waals surface area contributed by atoms with Crippen LogP contribution in [0.15, 0.2) is 30.3 Å². The fraction of sp³-hybridized carbons (Fsp3) is 0.250. The zero-order chi connectivity index (χ0) is 9.73. The minimum absolute atomic E-state index is 0.242. The van der Waals surface area contributed by atoms with Crippen molar-refractivity contribution in [2.45, 2.75) is 6.42 Å². The van der Waals surface area contributed by atoms with Gasteiger partial charge in [-0.05, 0) is 0 Å². The summed E-state index contributed by atoms with van der Waals surface area (Å²) in [6.07, 6.45) is 0.639. The second-order valence-corrected chi connectivity index (χ2v) is 6.23. The predicted octanol–water partition coefficient (Wildman–Crippen LogP) is 1.00. The summed E-state index contributed by atoms with van der Waals surface area (Å²) >= 11 is 2.06. The van der Waals surface area contributed by atoms with Gasteiger partial charge in [0.15, 0.2) is 0 Å². The summed E-state index contributed by atoms with van der Waals surface area (Å²) in [5.41, 5.74) is 1.09. The van der Waals surface area contributed by atoms with Crippen LogP contribution in [-0.2, 0) is 19.0 Å². The molecule has 0 aromatic heterocycles. The molecule has 0 amide bonds. The van der Waals surface area contributed by atoms with Gasteiger partial charge >= 0.3 is 84.7 Å². The molecule has 1 N–H and O–H groups in total. The van der Waals surface area contributed by atoms with Gasteiger partial charge in [0.25, 0.3) is 0 Å². The molecule has 1 unspecified atom stereocenters. The van der Waals surface area contributed by atoms with E-state index in [4.69, 9.17) is 4.55 Å². The van der Waals surface area contributed by atoms with Crippen LogP contribution < -0.4 is 0 Å². The molecule has 3 nitrogen and oxygen atoms in total. The first-order chi connectivity index (χ1) is 6.08. The first-order valence-electron chi connectivity index (χ1n) is 3.74. The molecule has 13 heavy (non-hydrogen) atoms. The van der Waals surface area contributed by atoms with Gasteiger partial charge in [0.2, 0.25) is 0 Å². The Bertz CT molecular complexity index is 347. The van der Waals surface area contributed by atoms with Crippen LogP contribution in [0.1, 0.15) is 5.56 Å². The zero-order valence-corrected chi connectivity index (χ0v) is 9.41. The van der Waals surface area contributed by atoms with Crippen molar-refractivity contribution in [3.63, 3.8) is 0 Å². The van der Waals surface area contributed by atoms with E-state index >= 15 is 0 Å². The molecule has 0 aliphatic rings. The summed E-state index contributed by atoms with van der Waals surface area (Å²) in [7, 11) is -3.17. The molecule has 0 aliphatic carbocycles. The Hall–Kier alpha value is -0.191. The molecule has 0 heterocycles. The average molecular weight is 265 g/mol. The summed E-state index contributed by atoms with van der Waals surface area (Å²) in [5.74, 6) is 0. The van der Waals surface area contributed by atoms with E-state index in [2.05, 4.69) is 18.6 Å². The molecule has 0 aliphatic heterocycles. The Morgan fingerprint density at radius 1 is 1.38 bits per heavy atom. The Morgan fingerprint density at radius 2 is 2.00 bits per heavy atom. The molecule has 0 radical (unpaired) electrons. The van der Waals surface area contributed by atoms with E-state index in [1.165, 1.54) is 0 Å². The molecular weight excluding hydrogens is 255 g/mol. The van der Waals surface area contributed by atoms with Gasteiger partial charge in [-0.2, -0.15) is 0 Å². The molecule has 0 bridgehead atoms. The van der Waals surface area contributed by atoms with Crippen LogP contribution in [-0.4, -0.2) is 29.8 Å². The van der Waals surface area contributed by atoms with Crippen LogP contribution in [0, 0.1) is 0 Å². The Labute approximate surface area is 84.8 Å². The topological polar surface area (TPSA) is 46.5 Å². The fourth-order valence-corrected chi connectivity index (χ4v) is 1.63. The molecule has 1 atom stereocenters. The Morgan fingerprint density at radius 3 is 2.54 bits per heavy atom. The van der Waals surface area contributed by atoms with Crippen molar-refractivity contribution in [3.05, 3.63) is 35.9 Å². The van der Waals surface area contributed by atoms with Crippen LogP contribution >= 0.6 is 0 Å². The molecule has 1 aromatic carbocycles. The summed E-state index contributed by atoms with van der Waals surface area (Å²) in [4.78, 5) is 0.